The van der Waals surface area contributed by atoms with E-state index >= 15 is 0 Å². The van der Waals surface area contributed by atoms with Crippen molar-refractivity contribution < 1.29 is 4.79 Å². The lowest BCUT2D eigenvalue weighted by molar-refractivity contribution is -0.119. The predicted octanol–water partition coefficient (Wildman–Crippen LogP) is 1.84. The van der Waals surface area contributed by atoms with Crippen LogP contribution in [0.5, 0.6) is 0 Å². The van der Waals surface area contributed by atoms with Crippen LogP contribution < -0.4 is 5.32 Å². The van der Waals surface area contributed by atoms with Gasteiger partial charge in [-0.2, -0.15) is 0 Å². The molecular formula is C13H18ClN3O. The van der Waals surface area contributed by atoms with E-state index < -0.39 is 0 Å². The molecule has 0 aromatic carbocycles. The highest BCUT2D eigenvalue weighted by Gasteiger charge is 2.19. The number of piperidine rings is 1. The molecule has 4 nitrogen and oxygen atoms in total. The van der Waals surface area contributed by atoms with Gasteiger partial charge >= 0.3 is 0 Å². The Kier molecular flexibility index (Phi) is 4.55. The van der Waals surface area contributed by atoms with Crippen LogP contribution in [0.3, 0.4) is 0 Å². The molecule has 1 saturated heterocycles. The highest BCUT2D eigenvalue weighted by atomic mass is 35.5. The van der Waals surface area contributed by atoms with Gasteiger partial charge in [-0.15, -0.1) is 0 Å². The molecule has 1 aliphatic rings. The first-order chi connectivity index (χ1) is 8.63. The van der Waals surface area contributed by atoms with Gasteiger partial charge in [0.25, 0.3) is 0 Å². The number of likely N-dealkylation sites (tertiary alicyclic amines) is 1. The summed E-state index contributed by atoms with van der Waals surface area (Å²) in [6, 6.07) is 6.03. The molecule has 2 heterocycles. The third-order valence-corrected chi connectivity index (χ3v) is 3.36. The molecule has 0 saturated carbocycles. The normalized spacial score (nSPS) is 17.7. The monoisotopic (exact) mass is 267 g/mol. The number of nitrogens with zero attached hydrogens (tertiary/aromatic N) is 2. The van der Waals surface area contributed by atoms with E-state index in [-0.39, 0.29) is 5.91 Å². The summed E-state index contributed by atoms with van der Waals surface area (Å²) in [4.78, 5) is 17.6. The van der Waals surface area contributed by atoms with Crippen molar-refractivity contribution in [3.05, 3.63) is 29.0 Å². The van der Waals surface area contributed by atoms with Gasteiger partial charge in [-0.3, -0.25) is 9.69 Å². The van der Waals surface area contributed by atoms with E-state index in [0.717, 1.165) is 38.2 Å². The van der Waals surface area contributed by atoms with E-state index in [1.165, 1.54) is 0 Å². The van der Waals surface area contributed by atoms with Crippen molar-refractivity contribution in [2.45, 2.75) is 32.4 Å². The predicted molar refractivity (Wildman–Crippen MR) is 71.4 cm³/mol. The lowest BCUT2D eigenvalue weighted by atomic mass is 10.0. The Hall–Kier alpha value is -1.13. The van der Waals surface area contributed by atoms with Gasteiger partial charge in [0.2, 0.25) is 5.91 Å². The second-order valence-corrected chi connectivity index (χ2v) is 5.09. The highest BCUT2D eigenvalue weighted by molar-refractivity contribution is 6.29. The third kappa shape index (κ3) is 3.96. The van der Waals surface area contributed by atoms with E-state index in [1.807, 2.05) is 12.1 Å². The molecule has 0 spiro atoms. The van der Waals surface area contributed by atoms with Crippen LogP contribution in [0.1, 0.15) is 25.5 Å². The Morgan fingerprint density at radius 2 is 2.22 bits per heavy atom. The first-order valence-electron chi connectivity index (χ1n) is 6.24. The lowest BCUT2D eigenvalue weighted by Gasteiger charge is -2.31. The maximum absolute atomic E-state index is 11.0. The van der Waals surface area contributed by atoms with Crippen LogP contribution in [0.15, 0.2) is 18.2 Å². The molecule has 0 bridgehead atoms. The Morgan fingerprint density at radius 1 is 1.50 bits per heavy atom. The molecule has 1 N–H and O–H groups in total. The van der Waals surface area contributed by atoms with Gasteiger partial charge in [-0.05, 0) is 25.0 Å². The van der Waals surface area contributed by atoms with Gasteiger partial charge in [0.1, 0.15) is 5.15 Å². The molecule has 0 aliphatic carbocycles. The van der Waals surface area contributed by atoms with Crippen molar-refractivity contribution in [1.82, 2.24) is 15.2 Å². The molecule has 0 atom stereocenters. The van der Waals surface area contributed by atoms with Crippen LogP contribution in [-0.2, 0) is 11.3 Å². The minimum atomic E-state index is 0.0601. The first-order valence-corrected chi connectivity index (χ1v) is 6.62. The fourth-order valence-electron chi connectivity index (χ4n) is 2.29. The average Bonchev–Trinajstić information content (AvgIpc) is 2.31. The number of hydrogen-bond donors (Lipinski definition) is 1. The van der Waals surface area contributed by atoms with Crippen molar-refractivity contribution in [1.29, 1.82) is 0 Å². The second-order valence-electron chi connectivity index (χ2n) is 4.70. The van der Waals surface area contributed by atoms with Gasteiger partial charge < -0.3 is 5.32 Å². The highest BCUT2D eigenvalue weighted by Crippen LogP contribution is 2.14. The molecule has 1 aromatic rings. The maximum Gasteiger partial charge on any atom is 0.217 e. The quantitative estimate of drug-likeness (QED) is 0.850. The molecule has 0 radical (unpaired) electrons. The summed E-state index contributed by atoms with van der Waals surface area (Å²) >= 11 is 5.87. The van der Waals surface area contributed by atoms with Crippen LogP contribution in [0.25, 0.3) is 0 Å². The molecule has 1 aromatic heterocycles. The molecule has 0 unspecified atom stereocenters. The zero-order valence-electron chi connectivity index (χ0n) is 10.5. The van der Waals surface area contributed by atoms with Crippen LogP contribution >= 0.6 is 11.6 Å². The van der Waals surface area contributed by atoms with Gasteiger partial charge in [-0.1, -0.05) is 17.7 Å². The largest absolute Gasteiger partial charge is 0.354 e. The standard InChI is InChI=1S/C13H18ClN3O/c1-10(18)15-11-5-7-17(8-6-11)9-12-3-2-4-13(14)16-12/h2-4,11H,5-9H2,1H3,(H,15,18). The Bertz CT molecular complexity index is 416. The summed E-state index contributed by atoms with van der Waals surface area (Å²) in [7, 11) is 0. The molecule has 1 fully saturated rings. The van der Waals surface area contributed by atoms with Crippen molar-refractivity contribution in [3.63, 3.8) is 0 Å². The molecular weight excluding hydrogens is 250 g/mol. The summed E-state index contributed by atoms with van der Waals surface area (Å²) in [5.74, 6) is 0.0601. The number of hydrogen-bond acceptors (Lipinski definition) is 3. The Balaban J connectivity index is 1.81. The number of nitrogens with one attached hydrogen (secondary N) is 1. The topological polar surface area (TPSA) is 45.2 Å². The third-order valence-electron chi connectivity index (χ3n) is 3.15. The zero-order valence-corrected chi connectivity index (χ0v) is 11.3. The fourth-order valence-corrected chi connectivity index (χ4v) is 2.47. The summed E-state index contributed by atoms with van der Waals surface area (Å²) in [5, 5.41) is 3.52. The summed E-state index contributed by atoms with van der Waals surface area (Å²) < 4.78 is 0. The Labute approximate surface area is 112 Å². The van der Waals surface area contributed by atoms with Gasteiger partial charge in [0, 0.05) is 32.6 Å². The molecule has 1 aliphatic heterocycles. The van der Waals surface area contributed by atoms with E-state index in [9.17, 15) is 4.79 Å². The van der Waals surface area contributed by atoms with Crippen molar-refractivity contribution in [2.24, 2.45) is 0 Å². The lowest BCUT2D eigenvalue weighted by Crippen LogP contribution is -2.43. The van der Waals surface area contributed by atoms with Gasteiger partial charge in [0.05, 0.1) is 5.69 Å². The molecule has 1 amide bonds. The minimum absolute atomic E-state index is 0.0601. The number of carbonyl (C=O) groups is 1. The summed E-state index contributed by atoms with van der Waals surface area (Å²) in [6.07, 6.45) is 2.00. The van der Waals surface area contributed by atoms with E-state index in [1.54, 1.807) is 13.0 Å². The van der Waals surface area contributed by atoms with Crippen molar-refractivity contribution in [3.8, 4) is 0 Å². The second kappa shape index (κ2) is 6.16. The van der Waals surface area contributed by atoms with Gasteiger partial charge in [-0.25, -0.2) is 4.98 Å². The number of amides is 1. The van der Waals surface area contributed by atoms with E-state index in [4.69, 9.17) is 11.6 Å². The fraction of sp³-hybridized carbons (Fsp3) is 0.538. The van der Waals surface area contributed by atoms with Crippen LogP contribution in [-0.4, -0.2) is 34.9 Å². The Morgan fingerprint density at radius 3 is 2.83 bits per heavy atom. The summed E-state index contributed by atoms with van der Waals surface area (Å²) in [5.41, 5.74) is 1.00. The van der Waals surface area contributed by atoms with Crippen LogP contribution in [0.4, 0.5) is 0 Å². The number of aromatic nitrogens is 1. The molecule has 18 heavy (non-hydrogen) atoms. The van der Waals surface area contributed by atoms with Crippen molar-refractivity contribution in [2.75, 3.05) is 13.1 Å². The van der Waals surface area contributed by atoms with Crippen LogP contribution in [0.2, 0.25) is 5.15 Å². The number of halogens is 1. The number of pyridine rings is 1. The zero-order chi connectivity index (χ0) is 13.0. The van der Waals surface area contributed by atoms with E-state index in [2.05, 4.69) is 15.2 Å². The molecule has 5 heteroatoms. The van der Waals surface area contributed by atoms with Crippen molar-refractivity contribution >= 4 is 17.5 Å². The number of carbonyl (C=O) groups excluding carboxylic acids is 1. The SMILES string of the molecule is CC(=O)NC1CCN(Cc2cccc(Cl)n2)CC1. The van der Waals surface area contributed by atoms with E-state index in [0.29, 0.717) is 11.2 Å². The maximum atomic E-state index is 11.0. The van der Waals surface area contributed by atoms with Gasteiger partial charge in [0.15, 0.2) is 0 Å². The number of rotatable bonds is 3. The summed E-state index contributed by atoms with van der Waals surface area (Å²) in [6.45, 7) is 4.37. The van der Waals surface area contributed by atoms with Crippen LogP contribution in [0, 0.1) is 0 Å². The first kappa shape index (κ1) is 13.3. The minimum Gasteiger partial charge on any atom is -0.354 e. The molecule has 2 rings (SSSR count). The smallest absolute Gasteiger partial charge is 0.217 e. The average molecular weight is 268 g/mol. The molecule has 98 valence electrons.